The summed E-state index contributed by atoms with van der Waals surface area (Å²) in [5, 5.41) is 9.18. The number of nitrogens with zero attached hydrogens (tertiary/aromatic N) is 2. The van der Waals surface area contributed by atoms with Crippen molar-refractivity contribution < 1.29 is 14.6 Å². The molecule has 0 saturated carbocycles. The van der Waals surface area contributed by atoms with Gasteiger partial charge in [-0.15, -0.1) is 0 Å². The molecule has 2 aliphatic rings. The van der Waals surface area contributed by atoms with Gasteiger partial charge in [-0.1, -0.05) is 0 Å². The van der Waals surface area contributed by atoms with Gasteiger partial charge in [0.05, 0.1) is 18.2 Å². The number of morpholine rings is 1. The highest BCUT2D eigenvalue weighted by Gasteiger charge is 2.32. The van der Waals surface area contributed by atoms with E-state index in [4.69, 9.17) is 4.74 Å². The Kier molecular flexibility index (Phi) is 5.41. The van der Waals surface area contributed by atoms with Gasteiger partial charge >= 0.3 is 0 Å². The zero-order chi connectivity index (χ0) is 14.7. The molecule has 0 unspecified atom stereocenters. The highest BCUT2D eigenvalue weighted by Crippen LogP contribution is 2.20. The lowest BCUT2D eigenvalue weighted by atomic mass is 9.96. The van der Waals surface area contributed by atoms with E-state index in [1.54, 1.807) is 0 Å². The molecule has 116 valence electrons. The van der Waals surface area contributed by atoms with Gasteiger partial charge in [0.2, 0.25) is 5.91 Å². The summed E-state index contributed by atoms with van der Waals surface area (Å²) in [6, 6.07) is -0.0628. The molecule has 20 heavy (non-hydrogen) atoms. The molecule has 3 atom stereocenters. The Morgan fingerprint density at radius 1 is 1.25 bits per heavy atom. The van der Waals surface area contributed by atoms with E-state index in [1.165, 1.54) is 0 Å². The molecule has 0 aromatic rings. The number of aliphatic hydroxyl groups excluding tert-OH is 1. The van der Waals surface area contributed by atoms with Crippen LogP contribution < -0.4 is 0 Å². The number of amides is 1. The second kappa shape index (κ2) is 6.87. The van der Waals surface area contributed by atoms with Crippen molar-refractivity contribution in [3.8, 4) is 0 Å². The summed E-state index contributed by atoms with van der Waals surface area (Å²) in [5.41, 5.74) is 0. The molecular formula is C15H28N2O3. The zero-order valence-corrected chi connectivity index (χ0v) is 12.9. The molecule has 2 rings (SSSR count). The number of piperidine rings is 1. The summed E-state index contributed by atoms with van der Waals surface area (Å²) in [6.45, 7) is 9.53. The second-order valence-electron chi connectivity index (χ2n) is 6.34. The fourth-order valence-corrected chi connectivity index (χ4v) is 3.30. The van der Waals surface area contributed by atoms with Crippen molar-refractivity contribution in [1.82, 2.24) is 9.80 Å². The lowest BCUT2D eigenvalue weighted by Gasteiger charge is -2.40. The SMILES string of the molecule is C[C@@H]1CN(C(=O)[C@@H](C)N2CCC(CO)CC2)C[C@@H](C)O1. The molecule has 0 radical (unpaired) electrons. The van der Waals surface area contributed by atoms with Crippen LogP contribution in [0.1, 0.15) is 33.6 Å². The van der Waals surface area contributed by atoms with Crippen LogP contribution in [0.25, 0.3) is 0 Å². The largest absolute Gasteiger partial charge is 0.396 e. The zero-order valence-electron chi connectivity index (χ0n) is 12.9. The number of rotatable bonds is 3. The van der Waals surface area contributed by atoms with Gasteiger partial charge in [0.25, 0.3) is 0 Å². The Morgan fingerprint density at radius 3 is 2.30 bits per heavy atom. The van der Waals surface area contributed by atoms with E-state index in [-0.39, 0.29) is 30.8 Å². The number of aliphatic hydroxyl groups is 1. The standard InChI is InChI=1S/C15H28N2O3/c1-11-8-17(9-12(2)20-11)15(19)13(3)16-6-4-14(10-18)5-7-16/h11-14,18H,4-10H2,1-3H3/t11-,12-,13-/m1/s1. The third-order valence-corrected chi connectivity index (χ3v) is 4.54. The molecule has 0 spiro atoms. The van der Waals surface area contributed by atoms with Crippen LogP contribution in [-0.4, -0.2) is 71.8 Å². The number of ether oxygens (including phenoxy) is 1. The molecule has 1 amide bonds. The fraction of sp³-hybridized carbons (Fsp3) is 0.933. The molecule has 2 heterocycles. The molecule has 0 aromatic heterocycles. The van der Waals surface area contributed by atoms with Crippen molar-refractivity contribution in [3.63, 3.8) is 0 Å². The van der Waals surface area contributed by atoms with Gasteiger partial charge in [0, 0.05) is 19.7 Å². The summed E-state index contributed by atoms with van der Waals surface area (Å²) >= 11 is 0. The quantitative estimate of drug-likeness (QED) is 0.829. The summed E-state index contributed by atoms with van der Waals surface area (Å²) in [5.74, 6) is 0.631. The van der Waals surface area contributed by atoms with Crippen LogP contribution in [0.15, 0.2) is 0 Å². The first-order chi connectivity index (χ1) is 9.51. The highest BCUT2D eigenvalue weighted by atomic mass is 16.5. The monoisotopic (exact) mass is 284 g/mol. The molecular weight excluding hydrogens is 256 g/mol. The Morgan fingerprint density at radius 2 is 1.80 bits per heavy atom. The highest BCUT2D eigenvalue weighted by molar-refractivity contribution is 5.81. The van der Waals surface area contributed by atoms with Crippen LogP contribution in [0.5, 0.6) is 0 Å². The van der Waals surface area contributed by atoms with E-state index in [9.17, 15) is 9.90 Å². The molecule has 2 fully saturated rings. The normalized spacial score (nSPS) is 31.3. The predicted octanol–water partition coefficient (Wildman–Crippen LogP) is 0.715. The maximum Gasteiger partial charge on any atom is 0.239 e. The van der Waals surface area contributed by atoms with Crippen LogP contribution in [0.2, 0.25) is 0 Å². The van der Waals surface area contributed by atoms with Crippen LogP contribution in [-0.2, 0) is 9.53 Å². The maximum absolute atomic E-state index is 12.6. The summed E-state index contributed by atoms with van der Waals surface area (Å²) in [6.07, 6.45) is 2.22. The van der Waals surface area contributed by atoms with Crippen molar-refractivity contribution in [3.05, 3.63) is 0 Å². The fourth-order valence-electron chi connectivity index (χ4n) is 3.30. The van der Waals surface area contributed by atoms with Crippen molar-refractivity contribution >= 4 is 5.91 Å². The van der Waals surface area contributed by atoms with E-state index in [0.717, 1.165) is 25.9 Å². The smallest absolute Gasteiger partial charge is 0.239 e. The van der Waals surface area contributed by atoms with Crippen LogP contribution in [0, 0.1) is 5.92 Å². The van der Waals surface area contributed by atoms with E-state index in [1.807, 2.05) is 25.7 Å². The Balaban J connectivity index is 1.88. The van der Waals surface area contributed by atoms with Crippen LogP contribution in [0.3, 0.4) is 0 Å². The number of hydrogen-bond acceptors (Lipinski definition) is 4. The lowest BCUT2D eigenvalue weighted by Crippen LogP contribution is -2.55. The van der Waals surface area contributed by atoms with E-state index >= 15 is 0 Å². The molecule has 0 bridgehead atoms. The van der Waals surface area contributed by atoms with Crippen LogP contribution >= 0.6 is 0 Å². The molecule has 2 saturated heterocycles. The van der Waals surface area contributed by atoms with Crippen molar-refractivity contribution in [2.24, 2.45) is 5.92 Å². The van der Waals surface area contributed by atoms with Gasteiger partial charge in [0.1, 0.15) is 0 Å². The molecule has 2 aliphatic heterocycles. The molecule has 0 aromatic carbocycles. The molecule has 1 N–H and O–H groups in total. The minimum atomic E-state index is -0.0628. The predicted molar refractivity (Wildman–Crippen MR) is 77.4 cm³/mol. The molecule has 0 aliphatic carbocycles. The lowest BCUT2D eigenvalue weighted by molar-refractivity contribution is -0.148. The number of likely N-dealkylation sites (tertiary alicyclic amines) is 1. The summed E-state index contributed by atoms with van der Waals surface area (Å²) in [7, 11) is 0. The van der Waals surface area contributed by atoms with E-state index in [0.29, 0.717) is 19.0 Å². The average molecular weight is 284 g/mol. The number of carbonyl (C=O) groups excluding carboxylic acids is 1. The first-order valence-corrected chi connectivity index (χ1v) is 7.80. The van der Waals surface area contributed by atoms with Gasteiger partial charge in [-0.3, -0.25) is 9.69 Å². The average Bonchev–Trinajstić information content (AvgIpc) is 2.45. The second-order valence-corrected chi connectivity index (χ2v) is 6.34. The van der Waals surface area contributed by atoms with E-state index in [2.05, 4.69) is 4.90 Å². The first-order valence-electron chi connectivity index (χ1n) is 7.80. The topological polar surface area (TPSA) is 53.0 Å². The van der Waals surface area contributed by atoms with Gasteiger partial charge in [-0.2, -0.15) is 0 Å². The van der Waals surface area contributed by atoms with Crippen molar-refractivity contribution in [2.75, 3.05) is 32.8 Å². The Bertz CT molecular complexity index is 319. The Labute approximate surface area is 121 Å². The van der Waals surface area contributed by atoms with Gasteiger partial charge in [-0.25, -0.2) is 0 Å². The summed E-state index contributed by atoms with van der Waals surface area (Å²) in [4.78, 5) is 16.8. The van der Waals surface area contributed by atoms with Gasteiger partial charge in [-0.05, 0) is 52.6 Å². The van der Waals surface area contributed by atoms with Gasteiger partial charge < -0.3 is 14.7 Å². The minimum Gasteiger partial charge on any atom is -0.396 e. The molecule has 5 nitrogen and oxygen atoms in total. The van der Waals surface area contributed by atoms with Crippen LogP contribution in [0.4, 0.5) is 0 Å². The maximum atomic E-state index is 12.6. The third kappa shape index (κ3) is 3.71. The first kappa shape index (κ1) is 15.7. The molecule has 5 heteroatoms. The number of hydrogen-bond donors (Lipinski definition) is 1. The Hall–Kier alpha value is -0.650. The minimum absolute atomic E-state index is 0.0628. The third-order valence-electron chi connectivity index (χ3n) is 4.54. The summed E-state index contributed by atoms with van der Waals surface area (Å²) < 4.78 is 5.69. The van der Waals surface area contributed by atoms with Crippen molar-refractivity contribution in [1.29, 1.82) is 0 Å². The van der Waals surface area contributed by atoms with E-state index < -0.39 is 0 Å². The van der Waals surface area contributed by atoms with Gasteiger partial charge in [0.15, 0.2) is 0 Å². The number of carbonyl (C=O) groups is 1. The van der Waals surface area contributed by atoms with Crippen molar-refractivity contribution in [2.45, 2.75) is 51.9 Å².